The van der Waals surface area contributed by atoms with E-state index >= 15 is 0 Å². The molecular formula is C10H19ClN2. The monoisotopic (exact) mass is 202 g/mol. The predicted octanol–water partition coefficient (Wildman–Crippen LogP) is 1.81. The molecule has 13 heavy (non-hydrogen) atoms. The number of nitrogens with zero attached hydrogens (tertiary/aromatic N) is 1. The van der Waals surface area contributed by atoms with Gasteiger partial charge in [-0.3, -0.25) is 0 Å². The molecule has 0 amide bonds. The van der Waals surface area contributed by atoms with Crippen molar-refractivity contribution in [3.63, 3.8) is 0 Å². The van der Waals surface area contributed by atoms with Crippen LogP contribution in [-0.2, 0) is 0 Å². The Labute approximate surface area is 85.9 Å². The molecule has 0 aliphatic carbocycles. The third kappa shape index (κ3) is 4.12. The fraction of sp³-hybridized carbons (Fsp3) is 0.800. The molecule has 1 fully saturated rings. The standard InChI is InChI=1S/C10H19ClN2/c1-13-8-3-2-5-10(13)9-12-7-4-6-11/h4,6,10,12H,2-3,5,7-9H2,1H3/b6-4+. The van der Waals surface area contributed by atoms with E-state index < -0.39 is 0 Å². The summed E-state index contributed by atoms with van der Waals surface area (Å²) in [5.74, 6) is 0. The van der Waals surface area contributed by atoms with Crippen molar-refractivity contribution in [3.8, 4) is 0 Å². The summed E-state index contributed by atoms with van der Waals surface area (Å²) in [6.45, 7) is 3.21. The first kappa shape index (κ1) is 11.0. The Morgan fingerprint density at radius 2 is 2.38 bits per heavy atom. The molecule has 1 aliphatic rings. The van der Waals surface area contributed by atoms with E-state index in [4.69, 9.17) is 11.6 Å². The van der Waals surface area contributed by atoms with Gasteiger partial charge in [-0.1, -0.05) is 24.1 Å². The number of piperidine rings is 1. The molecule has 1 unspecified atom stereocenters. The van der Waals surface area contributed by atoms with Crippen LogP contribution in [0.5, 0.6) is 0 Å². The van der Waals surface area contributed by atoms with Crippen LogP contribution in [-0.4, -0.2) is 37.6 Å². The fourth-order valence-corrected chi connectivity index (χ4v) is 1.87. The normalized spacial score (nSPS) is 25.5. The largest absolute Gasteiger partial charge is 0.312 e. The number of halogens is 1. The van der Waals surface area contributed by atoms with Crippen molar-refractivity contribution in [3.05, 3.63) is 11.6 Å². The Morgan fingerprint density at radius 3 is 3.08 bits per heavy atom. The average Bonchev–Trinajstić information content (AvgIpc) is 2.15. The zero-order valence-electron chi connectivity index (χ0n) is 8.30. The van der Waals surface area contributed by atoms with Crippen molar-refractivity contribution in [1.29, 1.82) is 0 Å². The van der Waals surface area contributed by atoms with E-state index in [1.807, 2.05) is 6.08 Å². The number of likely N-dealkylation sites (N-methyl/N-ethyl adjacent to an activating group) is 1. The van der Waals surface area contributed by atoms with Gasteiger partial charge in [-0.15, -0.1) is 0 Å². The molecular weight excluding hydrogens is 184 g/mol. The maximum Gasteiger partial charge on any atom is 0.0217 e. The topological polar surface area (TPSA) is 15.3 Å². The van der Waals surface area contributed by atoms with Gasteiger partial charge in [0.2, 0.25) is 0 Å². The minimum absolute atomic E-state index is 0.720. The molecule has 0 radical (unpaired) electrons. The molecule has 0 spiro atoms. The highest BCUT2D eigenvalue weighted by Gasteiger charge is 2.17. The van der Waals surface area contributed by atoms with Crippen molar-refractivity contribution < 1.29 is 0 Å². The highest BCUT2D eigenvalue weighted by molar-refractivity contribution is 6.25. The minimum atomic E-state index is 0.720. The van der Waals surface area contributed by atoms with Gasteiger partial charge >= 0.3 is 0 Å². The minimum Gasteiger partial charge on any atom is -0.312 e. The molecule has 3 heteroatoms. The Hall–Kier alpha value is -0.0500. The second-order valence-corrected chi connectivity index (χ2v) is 3.90. The van der Waals surface area contributed by atoms with E-state index in [1.165, 1.54) is 25.8 Å². The van der Waals surface area contributed by atoms with Crippen LogP contribution in [0.3, 0.4) is 0 Å². The zero-order chi connectivity index (χ0) is 9.52. The second-order valence-electron chi connectivity index (χ2n) is 3.65. The SMILES string of the molecule is CN1CCCCC1CNC/C=C/Cl. The molecule has 1 atom stereocenters. The van der Waals surface area contributed by atoms with Gasteiger partial charge in [-0.2, -0.15) is 0 Å². The van der Waals surface area contributed by atoms with E-state index in [9.17, 15) is 0 Å². The Bertz CT molecular complexity index is 159. The van der Waals surface area contributed by atoms with E-state index in [0.717, 1.165) is 19.1 Å². The summed E-state index contributed by atoms with van der Waals surface area (Å²) in [5.41, 5.74) is 1.57. The first-order chi connectivity index (χ1) is 6.34. The van der Waals surface area contributed by atoms with E-state index in [0.29, 0.717) is 0 Å². The summed E-state index contributed by atoms with van der Waals surface area (Å²) in [7, 11) is 2.21. The van der Waals surface area contributed by atoms with E-state index in [1.54, 1.807) is 5.54 Å². The van der Waals surface area contributed by atoms with Gasteiger partial charge < -0.3 is 10.2 Å². The molecule has 1 rings (SSSR count). The van der Waals surface area contributed by atoms with Crippen LogP contribution < -0.4 is 5.32 Å². The lowest BCUT2D eigenvalue weighted by Gasteiger charge is -2.32. The quantitative estimate of drug-likeness (QED) is 0.700. The van der Waals surface area contributed by atoms with Gasteiger partial charge in [-0.05, 0) is 26.4 Å². The lowest BCUT2D eigenvalue weighted by atomic mass is 10.0. The average molecular weight is 203 g/mol. The molecule has 0 aromatic carbocycles. The van der Waals surface area contributed by atoms with Gasteiger partial charge in [0, 0.05) is 24.7 Å². The molecule has 2 nitrogen and oxygen atoms in total. The van der Waals surface area contributed by atoms with Crippen molar-refractivity contribution in [1.82, 2.24) is 10.2 Å². The van der Waals surface area contributed by atoms with Crippen LogP contribution in [0.1, 0.15) is 19.3 Å². The summed E-state index contributed by atoms with van der Waals surface area (Å²) in [6, 6.07) is 0.720. The number of hydrogen-bond donors (Lipinski definition) is 1. The summed E-state index contributed by atoms with van der Waals surface area (Å²) in [4.78, 5) is 2.45. The number of rotatable bonds is 4. The number of nitrogens with one attached hydrogen (secondary N) is 1. The third-order valence-corrected chi connectivity index (χ3v) is 2.83. The fourth-order valence-electron chi connectivity index (χ4n) is 1.78. The lowest BCUT2D eigenvalue weighted by Crippen LogP contribution is -2.43. The maximum absolute atomic E-state index is 5.42. The summed E-state index contributed by atoms with van der Waals surface area (Å²) < 4.78 is 0. The van der Waals surface area contributed by atoms with Gasteiger partial charge in [0.1, 0.15) is 0 Å². The van der Waals surface area contributed by atoms with Gasteiger partial charge in [-0.25, -0.2) is 0 Å². The second kappa shape index (κ2) is 6.41. The molecule has 0 aromatic rings. The smallest absolute Gasteiger partial charge is 0.0217 e. The van der Waals surface area contributed by atoms with Gasteiger partial charge in [0.15, 0.2) is 0 Å². The highest BCUT2D eigenvalue weighted by Crippen LogP contribution is 2.13. The van der Waals surface area contributed by atoms with Crippen LogP contribution in [0.25, 0.3) is 0 Å². The van der Waals surface area contributed by atoms with Crippen LogP contribution in [0.2, 0.25) is 0 Å². The molecule has 1 N–H and O–H groups in total. The van der Waals surface area contributed by atoms with Gasteiger partial charge in [0.05, 0.1) is 0 Å². The molecule has 0 saturated carbocycles. The van der Waals surface area contributed by atoms with Gasteiger partial charge in [0.25, 0.3) is 0 Å². The maximum atomic E-state index is 5.42. The third-order valence-electron chi connectivity index (χ3n) is 2.65. The first-order valence-corrected chi connectivity index (χ1v) is 5.44. The Kier molecular flexibility index (Phi) is 5.44. The van der Waals surface area contributed by atoms with Crippen LogP contribution >= 0.6 is 11.6 Å². The summed E-state index contributed by atoms with van der Waals surface area (Å²) >= 11 is 5.42. The van der Waals surface area contributed by atoms with Crippen molar-refractivity contribution >= 4 is 11.6 Å². The zero-order valence-corrected chi connectivity index (χ0v) is 9.06. The summed E-state index contributed by atoms with van der Waals surface area (Å²) in [6.07, 6.45) is 6.00. The first-order valence-electron chi connectivity index (χ1n) is 5.01. The van der Waals surface area contributed by atoms with Crippen molar-refractivity contribution in [2.24, 2.45) is 0 Å². The molecule has 1 aliphatic heterocycles. The summed E-state index contributed by atoms with van der Waals surface area (Å²) in [5, 5.41) is 3.37. The van der Waals surface area contributed by atoms with Crippen molar-refractivity contribution in [2.45, 2.75) is 25.3 Å². The Balaban J connectivity index is 2.11. The molecule has 76 valence electrons. The van der Waals surface area contributed by atoms with Crippen LogP contribution in [0, 0.1) is 0 Å². The Morgan fingerprint density at radius 1 is 1.54 bits per heavy atom. The van der Waals surface area contributed by atoms with Crippen LogP contribution in [0.15, 0.2) is 11.6 Å². The number of hydrogen-bond acceptors (Lipinski definition) is 2. The van der Waals surface area contributed by atoms with Crippen LogP contribution in [0.4, 0.5) is 0 Å². The van der Waals surface area contributed by atoms with Crippen molar-refractivity contribution in [2.75, 3.05) is 26.7 Å². The molecule has 1 heterocycles. The van der Waals surface area contributed by atoms with E-state index in [-0.39, 0.29) is 0 Å². The number of likely N-dealkylation sites (tertiary alicyclic amines) is 1. The lowest BCUT2D eigenvalue weighted by molar-refractivity contribution is 0.183. The molecule has 1 saturated heterocycles. The molecule has 0 aromatic heterocycles. The highest BCUT2D eigenvalue weighted by atomic mass is 35.5. The van der Waals surface area contributed by atoms with E-state index in [2.05, 4.69) is 17.3 Å². The molecule has 0 bridgehead atoms. The predicted molar refractivity (Wildman–Crippen MR) is 58.1 cm³/mol.